The molecule has 3 aromatic carbocycles. The number of phenols is 2. The molecule has 2 N–H and O–H groups in total. The minimum Gasteiger partial charge on any atom is -0.508 e. The molecule has 3 aromatic rings. The molecule has 23 heavy (non-hydrogen) atoms. The molecule has 116 valence electrons. The Hall–Kier alpha value is -2.59. The van der Waals surface area contributed by atoms with E-state index in [9.17, 15) is 10.2 Å². The summed E-state index contributed by atoms with van der Waals surface area (Å²) in [6.07, 6.45) is 0. The van der Waals surface area contributed by atoms with Crippen LogP contribution in [0.2, 0.25) is 0 Å². The van der Waals surface area contributed by atoms with E-state index in [4.69, 9.17) is 4.74 Å². The molecule has 0 spiro atoms. The topological polar surface area (TPSA) is 49.7 Å². The van der Waals surface area contributed by atoms with Crippen LogP contribution in [0.3, 0.4) is 0 Å². The van der Waals surface area contributed by atoms with Crippen LogP contribution >= 0.6 is 0 Å². The fourth-order valence-electron chi connectivity index (χ4n) is 2.28. The van der Waals surface area contributed by atoms with Crippen molar-refractivity contribution in [3.05, 3.63) is 72.8 Å². The third-order valence-corrected chi connectivity index (χ3v) is 5.67. The molecule has 0 fully saturated rings. The average Bonchev–Trinajstić information content (AvgIpc) is 2.59. The number of hydrogen-bond donors (Lipinski definition) is 2. The molecular weight excluding hydrogens is 308 g/mol. The van der Waals surface area contributed by atoms with Crippen molar-refractivity contribution in [2.45, 2.75) is 14.7 Å². The Kier molecular flexibility index (Phi) is 4.44. The van der Waals surface area contributed by atoms with Gasteiger partial charge in [-0.05, 0) is 72.8 Å². The quantitative estimate of drug-likeness (QED) is 0.707. The SMILES string of the molecule is COc1ccc([S+](c2ccc(O)cc2)c2ccc(O)cc2)cc1. The average molecular weight is 325 g/mol. The fourth-order valence-corrected chi connectivity index (χ4v) is 4.33. The van der Waals surface area contributed by atoms with Gasteiger partial charge in [0, 0.05) is 0 Å². The van der Waals surface area contributed by atoms with Crippen LogP contribution in [0.1, 0.15) is 0 Å². The highest BCUT2D eigenvalue weighted by molar-refractivity contribution is 7.97. The highest BCUT2D eigenvalue weighted by Crippen LogP contribution is 2.33. The van der Waals surface area contributed by atoms with Crippen LogP contribution in [0.4, 0.5) is 0 Å². The van der Waals surface area contributed by atoms with Crippen molar-refractivity contribution in [2.75, 3.05) is 7.11 Å². The highest BCUT2D eigenvalue weighted by atomic mass is 32.2. The lowest BCUT2D eigenvalue weighted by atomic mass is 10.3. The molecule has 0 unspecified atom stereocenters. The molecule has 0 aliphatic heterocycles. The van der Waals surface area contributed by atoms with Crippen LogP contribution < -0.4 is 4.74 Å². The molecule has 0 aromatic heterocycles. The Labute approximate surface area is 138 Å². The monoisotopic (exact) mass is 325 g/mol. The van der Waals surface area contributed by atoms with Crippen molar-refractivity contribution in [1.29, 1.82) is 0 Å². The van der Waals surface area contributed by atoms with Gasteiger partial charge in [-0.1, -0.05) is 0 Å². The Morgan fingerprint density at radius 2 is 0.957 bits per heavy atom. The summed E-state index contributed by atoms with van der Waals surface area (Å²) in [6, 6.07) is 22.4. The summed E-state index contributed by atoms with van der Waals surface area (Å²) < 4.78 is 5.23. The first-order chi connectivity index (χ1) is 11.2. The minimum absolute atomic E-state index is 0.248. The van der Waals surface area contributed by atoms with Gasteiger partial charge in [-0.25, -0.2) is 0 Å². The summed E-state index contributed by atoms with van der Waals surface area (Å²) in [4.78, 5) is 3.33. The van der Waals surface area contributed by atoms with Crippen LogP contribution in [-0.2, 0) is 10.9 Å². The van der Waals surface area contributed by atoms with Gasteiger partial charge in [0.2, 0.25) is 0 Å². The van der Waals surface area contributed by atoms with Crippen molar-refractivity contribution in [3.63, 3.8) is 0 Å². The van der Waals surface area contributed by atoms with E-state index in [1.165, 1.54) is 0 Å². The van der Waals surface area contributed by atoms with Crippen molar-refractivity contribution in [3.8, 4) is 17.2 Å². The van der Waals surface area contributed by atoms with Gasteiger partial charge in [-0.15, -0.1) is 0 Å². The maximum absolute atomic E-state index is 9.54. The van der Waals surface area contributed by atoms with Gasteiger partial charge in [0.15, 0.2) is 14.7 Å². The Bertz CT molecular complexity index is 720. The standard InChI is InChI=1S/C19H16O3S/c1-22-16-6-12-19(13-7-16)23(17-8-2-14(20)3-9-17)18-10-4-15(21)5-11-18/h2-13H,1H3,(H-,20,21)/p+1. The van der Waals surface area contributed by atoms with Gasteiger partial charge in [0.25, 0.3) is 0 Å². The summed E-state index contributed by atoms with van der Waals surface area (Å²) in [5.74, 6) is 1.31. The van der Waals surface area contributed by atoms with E-state index in [0.29, 0.717) is 0 Å². The van der Waals surface area contributed by atoms with E-state index in [2.05, 4.69) is 0 Å². The maximum Gasteiger partial charge on any atom is 0.166 e. The third kappa shape index (κ3) is 3.43. The van der Waals surface area contributed by atoms with Crippen LogP contribution in [-0.4, -0.2) is 17.3 Å². The molecular formula is C19H17O3S+. The van der Waals surface area contributed by atoms with E-state index >= 15 is 0 Å². The van der Waals surface area contributed by atoms with E-state index in [1.54, 1.807) is 31.4 Å². The van der Waals surface area contributed by atoms with Gasteiger partial charge in [0.1, 0.15) is 17.2 Å². The zero-order valence-corrected chi connectivity index (χ0v) is 13.5. The molecule has 0 aliphatic carbocycles. The molecule has 0 atom stereocenters. The van der Waals surface area contributed by atoms with Crippen LogP contribution in [0.25, 0.3) is 0 Å². The molecule has 0 bridgehead atoms. The molecule has 0 saturated heterocycles. The molecule has 0 radical (unpaired) electrons. The number of rotatable bonds is 4. The van der Waals surface area contributed by atoms with Crippen molar-refractivity contribution < 1.29 is 14.9 Å². The highest BCUT2D eigenvalue weighted by Gasteiger charge is 2.28. The number of ether oxygens (including phenoxy) is 1. The van der Waals surface area contributed by atoms with Crippen molar-refractivity contribution in [1.82, 2.24) is 0 Å². The summed E-state index contributed by atoms with van der Waals surface area (Å²) in [5.41, 5.74) is 0. The summed E-state index contributed by atoms with van der Waals surface area (Å²) in [6.45, 7) is 0. The van der Waals surface area contributed by atoms with Gasteiger partial charge >= 0.3 is 0 Å². The zero-order valence-electron chi connectivity index (χ0n) is 12.6. The normalized spacial score (nSPS) is 10.7. The largest absolute Gasteiger partial charge is 0.508 e. The van der Waals surface area contributed by atoms with Gasteiger partial charge in [-0.3, -0.25) is 0 Å². The lowest BCUT2D eigenvalue weighted by molar-refractivity contribution is 0.414. The summed E-state index contributed by atoms with van der Waals surface area (Å²) in [7, 11) is 1.33. The predicted molar refractivity (Wildman–Crippen MR) is 91.4 cm³/mol. The second-order valence-corrected chi connectivity index (χ2v) is 7.00. The molecule has 4 heteroatoms. The second kappa shape index (κ2) is 6.67. The van der Waals surface area contributed by atoms with Gasteiger partial charge < -0.3 is 14.9 Å². The number of phenolic OH excluding ortho intramolecular Hbond substituents is 2. The molecule has 0 heterocycles. The minimum atomic E-state index is -0.319. The zero-order chi connectivity index (χ0) is 16.2. The van der Waals surface area contributed by atoms with Gasteiger partial charge in [0.05, 0.1) is 18.0 Å². The number of hydrogen-bond acceptors (Lipinski definition) is 3. The molecule has 0 amide bonds. The van der Waals surface area contributed by atoms with E-state index in [0.717, 1.165) is 20.4 Å². The first-order valence-electron chi connectivity index (χ1n) is 7.14. The molecule has 0 aliphatic rings. The van der Waals surface area contributed by atoms with E-state index in [1.807, 2.05) is 48.5 Å². The molecule has 3 rings (SSSR count). The Balaban J connectivity index is 2.08. The number of aromatic hydroxyl groups is 2. The Morgan fingerprint density at radius 1 is 0.609 bits per heavy atom. The van der Waals surface area contributed by atoms with Crippen LogP contribution in [0.5, 0.6) is 17.2 Å². The van der Waals surface area contributed by atoms with Gasteiger partial charge in [-0.2, -0.15) is 0 Å². The first kappa shape index (κ1) is 15.3. The lowest BCUT2D eigenvalue weighted by Crippen LogP contribution is -2.04. The number of methoxy groups -OCH3 is 1. The third-order valence-electron chi connectivity index (χ3n) is 3.44. The summed E-state index contributed by atoms with van der Waals surface area (Å²) >= 11 is 0. The predicted octanol–water partition coefficient (Wildman–Crippen LogP) is 4.20. The number of benzene rings is 3. The molecule has 3 nitrogen and oxygen atoms in total. The van der Waals surface area contributed by atoms with Crippen LogP contribution in [0.15, 0.2) is 87.5 Å². The molecule has 0 saturated carbocycles. The first-order valence-corrected chi connectivity index (χ1v) is 8.36. The Morgan fingerprint density at radius 3 is 1.30 bits per heavy atom. The van der Waals surface area contributed by atoms with Crippen LogP contribution in [0, 0.1) is 0 Å². The van der Waals surface area contributed by atoms with Crippen molar-refractivity contribution >= 4 is 10.9 Å². The smallest absolute Gasteiger partial charge is 0.166 e. The summed E-state index contributed by atoms with van der Waals surface area (Å²) in [5, 5.41) is 19.1. The maximum atomic E-state index is 9.54. The van der Waals surface area contributed by atoms with E-state index in [-0.39, 0.29) is 22.4 Å². The van der Waals surface area contributed by atoms with E-state index < -0.39 is 0 Å². The fraction of sp³-hybridized carbons (Fsp3) is 0.0526. The van der Waals surface area contributed by atoms with Crippen molar-refractivity contribution in [2.24, 2.45) is 0 Å². The lowest BCUT2D eigenvalue weighted by Gasteiger charge is -2.09. The second-order valence-electron chi connectivity index (χ2n) is 4.97.